The molecule has 0 aliphatic carbocycles. The van der Waals surface area contributed by atoms with E-state index < -0.39 is 5.60 Å². The minimum atomic E-state index is -0.875. The number of hydrogen-bond donors (Lipinski definition) is 0. The monoisotopic (exact) mass is 398 g/mol. The molecule has 2 saturated heterocycles. The van der Waals surface area contributed by atoms with Crippen molar-refractivity contribution in [3.63, 3.8) is 0 Å². The van der Waals surface area contributed by atoms with E-state index in [2.05, 4.69) is 4.90 Å². The van der Waals surface area contributed by atoms with Gasteiger partial charge < -0.3 is 14.4 Å². The molecule has 2 aromatic rings. The summed E-state index contributed by atoms with van der Waals surface area (Å²) in [6, 6.07) is 14.9. The van der Waals surface area contributed by atoms with Gasteiger partial charge in [0.05, 0.1) is 13.7 Å². The molecule has 1 amide bonds. The smallest absolute Gasteiger partial charge is 0.260 e. The van der Waals surface area contributed by atoms with E-state index in [4.69, 9.17) is 9.47 Å². The number of carbonyl (C=O) groups is 1. The van der Waals surface area contributed by atoms with Crippen molar-refractivity contribution in [2.75, 3.05) is 38.3 Å². The molecule has 29 heavy (non-hydrogen) atoms. The van der Waals surface area contributed by atoms with Crippen molar-refractivity contribution in [2.45, 2.75) is 31.4 Å². The maximum atomic E-state index is 14.6. The molecule has 1 unspecified atom stereocenters. The molecular formula is C23H27FN2O3. The van der Waals surface area contributed by atoms with E-state index in [-0.39, 0.29) is 17.5 Å². The molecule has 0 aromatic heterocycles. The van der Waals surface area contributed by atoms with Crippen molar-refractivity contribution in [3.05, 3.63) is 59.9 Å². The van der Waals surface area contributed by atoms with Gasteiger partial charge >= 0.3 is 0 Å². The Balaban J connectivity index is 1.56. The Hall–Kier alpha value is -2.44. The number of hydrogen-bond acceptors (Lipinski definition) is 4. The lowest BCUT2D eigenvalue weighted by Crippen LogP contribution is -2.59. The van der Waals surface area contributed by atoms with Crippen LogP contribution in [-0.2, 0) is 16.1 Å². The summed E-state index contributed by atoms with van der Waals surface area (Å²) < 4.78 is 25.9. The van der Waals surface area contributed by atoms with Crippen LogP contribution < -0.4 is 9.64 Å². The number of para-hydroxylation sites is 1. The Morgan fingerprint density at radius 2 is 1.93 bits per heavy atom. The summed E-state index contributed by atoms with van der Waals surface area (Å²) in [5.41, 5.74) is 0.598. The summed E-state index contributed by atoms with van der Waals surface area (Å²) in [4.78, 5) is 17.5. The van der Waals surface area contributed by atoms with Crippen molar-refractivity contribution < 1.29 is 18.7 Å². The number of amides is 1. The molecule has 4 rings (SSSR count). The van der Waals surface area contributed by atoms with Crippen LogP contribution in [0, 0.1) is 5.82 Å². The Morgan fingerprint density at radius 1 is 1.10 bits per heavy atom. The quantitative estimate of drug-likeness (QED) is 0.789. The standard InChI is InChI=1S/C23H27FN2O3/c1-28-20-11-7-8-18(21(20)24)16-25-14-15-29-23(17-25)12-5-6-13-26(22(23)27)19-9-3-2-4-10-19/h2-4,7-11H,5-6,12-17H2,1H3. The molecule has 0 N–H and O–H groups in total. The molecule has 6 heteroatoms. The van der Waals surface area contributed by atoms with Crippen LogP contribution in [0.4, 0.5) is 10.1 Å². The fourth-order valence-electron chi connectivity index (χ4n) is 4.34. The molecule has 2 aliphatic rings. The zero-order valence-electron chi connectivity index (χ0n) is 16.8. The number of ether oxygens (including phenoxy) is 2. The molecule has 0 bridgehead atoms. The molecule has 5 nitrogen and oxygen atoms in total. The van der Waals surface area contributed by atoms with Gasteiger partial charge in [0, 0.05) is 37.4 Å². The zero-order valence-corrected chi connectivity index (χ0v) is 16.8. The molecule has 0 saturated carbocycles. The summed E-state index contributed by atoms with van der Waals surface area (Å²) in [5, 5.41) is 0. The van der Waals surface area contributed by atoms with Crippen LogP contribution in [-0.4, -0.2) is 49.8 Å². The van der Waals surface area contributed by atoms with Gasteiger partial charge in [0.2, 0.25) is 0 Å². The predicted octanol–water partition coefficient (Wildman–Crippen LogP) is 3.62. The highest BCUT2D eigenvalue weighted by atomic mass is 19.1. The predicted molar refractivity (Wildman–Crippen MR) is 110 cm³/mol. The number of morpholine rings is 1. The molecular weight excluding hydrogens is 371 g/mol. The SMILES string of the molecule is COc1cccc(CN2CCOC3(CCCCN(c4ccccc4)C3=O)C2)c1F. The molecule has 0 radical (unpaired) electrons. The van der Waals surface area contributed by atoms with Crippen LogP contribution in [0.1, 0.15) is 24.8 Å². The van der Waals surface area contributed by atoms with Gasteiger partial charge in [0.1, 0.15) is 0 Å². The second-order valence-corrected chi connectivity index (χ2v) is 7.74. The van der Waals surface area contributed by atoms with Crippen LogP contribution >= 0.6 is 0 Å². The van der Waals surface area contributed by atoms with E-state index in [0.29, 0.717) is 44.8 Å². The van der Waals surface area contributed by atoms with Crippen molar-refractivity contribution in [1.82, 2.24) is 4.90 Å². The van der Waals surface area contributed by atoms with Gasteiger partial charge in [-0.05, 0) is 37.5 Å². The average molecular weight is 398 g/mol. The summed E-state index contributed by atoms with van der Waals surface area (Å²) in [6.07, 6.45) is 2.55. The van der Waals surface area contributed by atoms with Crippen LogP contribution in [0.15, 0.2) is 48.5 Å². The summed E-state index contributed by atoms with van der Waals surface area (Å²) in [5.74, 6) is -0.0862. The maximum absolute atomic E-state index is 14.6. The van der Waals surface area contributed by atoms with E-state index in [1.807, 2.05) is 35.2 Å². The minimum Gasteiger partial charge on any atom is -0.494 e. The largest absolute Gasteiger partial charge is 0.494 e. The number of carbonyl (C=O) groups excluding carboxylic acids is 1. The Morgan fingerprint density at radius 3 is 2.72 bits per heavy atom. The molecule has 1 atom stereocenters. The highest BCUT2D eigenvalue weighted by Crippen LogP contribution is 2.33. The second-order valence-electron chi connectivity index (χ2n) is 7.74. The van der Waals surface area contributed by atoms with Crippen LogP contribution in [0.5, 0.6) is 5.75 Å². The van der Waals surface area contributed by atoms with Crippen molar-refractivity contribution in [3.8, 4) is 5.75 Å². The van der Waals surface area contributed by atoms with Crippen molar-refractivity contribution in [1.29, 1.82) is 0 Å². The molecule has 2 fully saturated rings. The van der Waals surface area contributed by atoms with Crippen molar-refractivity contribution >= 4 is 11.6 Å². The number of rotatable bonds is 4. The lowest BCUT2D eigenvalue weighted by atomic mass is 9.93. The minimum absolute atomic E-state index is 0.0111. The van der Waals surface area contributed by atoms with E-state index >= 15 is 0 Å². The van der Waals surface area contributed by atoms with E-state index in [1.165, 1.54) is 7.11 Å². The van der Waals surface area contributed by atoms with Gasteiger partial charge in [-0.3, -0.25) is 9.69 Å². The first kappa shape index (κ1) is 19.9. The van der Waals surface area contributed by atoms with Crippen LogP contribution in [0.25, 0.3) is 0 Å². The van der Waals surface area contributed by atoms with Gasteiger partial charge in [0.25, 0.3) is 5.91 Å². The fourth-order valence-corrected chi connectivity index (χ4v) is 4.34. The third kappa shape index (κ3) is 4.00. The Bertz CT molecular complexity index is 860. The number of halogens is 1. The number of methoxy groups -OCH3 is 1. The average Bonchev–Trinajstić information content (AvgIpc) is 2.90. The lowest BCUT2D eigenvalue weighted by Gasteiger charge is -2.42. The fraction of sp³-hybridized carbons (Fsp3) is 0.435. The molecule has 1 spiro atoms. The molecule has 2 aliphatic heterocycles. The third-order valence-corrected chi connectivity index (χ3v) is 5.84. The highest BCUT2D eigenvalue weighted by Gasteiger charge is 2.47. The van der Waals surface area contributed by atoms with Gasteiger partial charge in [-0.25, -0.2) is 4.39 Å². The van der Waals surface area contributed by atoms with Crippen molar-refractivity contribution in [2.24, 2.45) is 0 Å². The van der Waals surface area contributed by atoms with E-state index in [9.17, 15) is 9.18 Å². The summed E-state index contributed by atoms with van der Waals surface area (Å²) in [6.45, 7) is 2.70. The topological polar surface area (TPSA) is 42.0 Å². The first-order chi connectivity index (χ1) is 14.1. The van der Waals surface area contributed by atoms with Gasteiger partial charge in [-0.1, -0.05) is 30.3 Å². The maximum Gasteiger partial charge on any atom is 0.260 e. The third-order valence-electron chi connectivity index (χ3n) is 5.84. The van der Waals surface area contributed by atoms with Crippen LogP contribution in [0.2, 0.25) is 0 Å². The number of nitrogens with zero attached hydrogens (tertiary/aromatic N) is 2. The van der Waals surface area contributed by atoms with Gasteiger partial charge in [-0.15, -0.1) is 0 Å². The first-order valence-corrected chi connectivity index (χ1v) is 10.2. The Kier molecular flexibility index (Phi) is 5.83. The number of anilines is 1. The van der Waals surface area contributed by atoms with Gasteiger partial charge in [0.15, 0.2) is 17.2 Å². The Labute approximate surface area is 171 Å². The van der Waals surface area contributed by atoms with Gasteiger partial charge in [-0.2, -0.15) is 0 Å². The van der Waals surface area contributed by atoms with E-state index in [1.54, 1.807) is 18.2 Å². The van der Waals surface area contributed by atoms with Crippen LogP contribution in [0.3, 0.4) is 0 Å². The summed E-state index contributed by atoms with van der Waals surface area (Å²) >= 11 is 0. The molecule has 154 valence electrons. The lowest BCUT2D eigenvalue weighted by molar-refractivity contribution is -0.158. The molecule has 2 heterocycles. The second kappa shape index (κ2) is 8.51. The molecule has 2 aromatic carbocycles. The highest BCUT2D eigenvalue weighted by molar-refractivity contribution is 6.00. The summed E-state index contributed by atoms with van der Waals surface area (Å²) in [7, 11) is 1.47. The normalized spacial score (nSPS) is 23.2. The number of benzene rings is 2. The zero-order chi connectivity index (χ0) is 20.3. The first-order valence-electron chi connectivity index (χ1n) is 10.2. The van der Waals surface area contributed by atoms with E-state index in [0.717, 1.165) is 18.5 Å².